The zero-order chi connectivity index (χ0) is 24.8. The van der Waals surface area contributed by atoms with Crippen LogP contribution in [0.4, 0.5) is 5.69 Å². The van der Waals surface area contributed by atoms with E-state index in [0.717, 1.165) is 5.56 Å². The summed E-state index contributed by atoms with van der Waals surface area (Å²) in [7, 11) is 1.56. The Bertz CT molecular complexity index is 1160. The number of hydrogen-bond donors (Lipinski definition) is 3. The van der Waals surface area contributed by atoms with Gasteiger partial charge >= 0.3 is 11.8 Å². The molecule has 35 heavy (non-hydrogen) atoms. The number of nitrogens with one attached hydrogen (secondary N) is 2. The molecule has 3 N–H and O–H groups in total. The van der Waals surface area contributed by atoms with Gasteiger partial charge in [0.25, 0.3) is 5.91 Å². The standard InChI is InChI=1S/C26H27N3O6/c1-29-21-15-19(9-11-26(33)12-14-34-17-26)7-8-22(21)35-16-20(25(29)32)28-24(31)23(30)27-13-10-18-5-3-2-4-6-18/h2-8,15,20,33H,10,12-14,16-17H2,1H3,(H,27,30)(H,28,31)/t20-,26?/m0/s1. The lowest BCUT2D eigenvalue weighted by Crippen LogP contribution is -2.53. The van der Waals surface area contributed by atoms with Crippen LogP contribution in [-0.2, 0) is 25.5 Å². The van der Waals surface area contributed by atoms with E-state index in [2.05, 4.69) is 22.5 Å². The summed E-state index contributed by atoms with van der Waals surface area (Å²) in [6.45, 7) is 0.787. The molecule has 1 fully saturated rings. The van der Waals surface area contributed by atoms with Crippen molar-refractivity contribution in [2.45, 2.75) is 24.5 Å². The Balaban J connectivity index is 1.37. The first-order chi connectivity index (χ1) is 16.8. The number of aliphatic hydroxyl groups is 1. The highest BCUT2D eigenvalue weighted by Gasteiger charge is 2.32. The minimum atomic E-state index is -1.18. The lowest BCUT2D eigenvalue weighted by Gasteiger charge is -2.20. The third-order valence-electron chi connectivity index (χ3n) is 5.85. The Hall–Kier alpha value is -3.87. The zero-order valence-electron chi connectivity index (χ0n) is 19.4. The number of rotatable bonds is 4. The first-order valence-electron chi connectivity index (χ1n) is 11.3. The van der Waals surface area contributed by atoms with Crippen molar-refractivity contribution in [1.82, 2.24) is 10.6 Å². The fourth-order valence-electron chi connectivity index (χ4n) is 3.79. The molecular formula is C26H27N3O6. The normalized spacial score (nSPS) is 21.1. The van der Waals surface area contributed by atoms with Gasteiger partial charge in [-0.15, -0.1) is 0 Å². The number of anilines is 1. The van der Waals surface area contributed by atoms with Crippen molar-refractivity contribution in [3.63, 3.8) is 0 Å². The molecular weight excluding hydrogens is 450 g/mol. The number of nitrogens with zero attached hydrogens (tertiary/aromatic N) is 1. The van der Waals surface area contributed by atoms with Gasteiger partial charge in [0.05, 0.1) is 18.9 Å². The number of fused-ring (bicyclic) bond motifs is 1. The summed E-state index contributed by atoms with van der Waals surface area (Å²) < 4.78 is 10.9. The van der Waals surface area contributed by atoms with Crippen LogP contribution >= 0.6 is 0 Å². The van der Waals surface area contributed by atoms with Gasteiger partial charge < -0.3 is 30.1 Å². The molecule has 2 aromatic carbocycles. The maximum absolute atomic E-state index is 13.0. The number of likely N-dealkylation sites (N-methyl/N-ethyl adjacent to an activating group) is 1. The molecule has 9 nitrogen and oxygen atoms in total. The van der Waals surface area contributed by atoms with Gasteiger partial charge in [0, 0.05) is 25.6 Å². The topological polar surface area (TPSA) is 117 Å². The second-order valence-electron chi connectivity index (χ2n) is 8.49. The average molecular weight is 478 g/mol. The Labute approximate surface area is 203 Å². The first kappa shape index (κ1) is 24.3. The predicted octanol–water partition coefficient (Wildman–Crippen LogP) is 0.388. The van der Waals surface area contributed by atoms with E-state index in [9.17, 15) is 19.5 Å². The minimum absolute atomic E-state index is 0.124. The van der Waals surface area contributed by atoms with Crippen molar-refractivity contribution in [1.29, 1.82) is 0 Å². The Kier molecular flexibility index (Phi) is 7.34. The lowest BCUT2D eigenvalue weighted by molar-refractivity contribution is -0.140. The highest BCUT2D eigenvalue weighted by molar-refractivity contribution is 6.35. The van der Waals surface area contributed by atoms with Crippen molar-refractivity contribution < 1.29 is 29.0 Å². The molecule has 182 valence electrons. The molecule has 3 amide bonds. The Morgan fingerprint density at radius 3 is 2.74 bits per heavy atom. The smallest absolute Gasteiger partial charge is 0.310 e. The SMILES string of the molecule is CN1C(=O)[C@@H](NC(=O)C(=O)NCCc2ccccc2)COc2ccc(C#CC3(O)CCOC3)cc21. The van der Waals surface area contributed by atoms with Crippen LogP contribution in [0.2, 0.25) is 0 Å². The van der Waals surface area contributed by atoms with Crippen LogP contribution in [0.3, 0.4) is 0 Å². The summed E-state index contributed by atoms with van der Waals surface area (Å²) in [5, 5.41) is 15.4. The van der Waals surface area contributed by atoms with E-state index in [1.807, 2.05) is 30.3 Å². The molecule has 0 bridgehead atoms. The van der Waals surface area contributed by atoms with Gasteiger partial charge in [-0.1, -0.05) is 42.2 Å². The highest BCUT2D eigenvalue weighted by atomic mass is 16.5. The Morgan fingerprint density at radius 2 is 2.00 bits per heavy atom. The fraction of sp³-hybridized carbons (Fsp3) is 0.346. The van der Waals surface area contributed by atoms with E-state index < -0.39 is 29.4 Å². The zero-order valence-corrected chi connectivity index (χ0v) is 19.4. The molecule has 0 radical (unpaired) electrons. The van der Waals surface area contributed by atoms with E-state index in [4.69, 9.17) is 9.47 Å². The van der Waals surface area contributed by atoms with Crippen molar-refractivity contribution in [2.75, 3.05) is 38.3 Å². The molecule has 0 aliphatic carbocycles. The van der Waals surface area contributed by atoms with Crippen molar-refractivity contribution in [3.05, 3.63) is 59.7 Å². The summed E-state index contributed by atoms with van der Waals surface area (Å²) >= 11 is 0. The van der Waals surface area contributed by atoms with Crippen LogP contribution < -0.4 is 20.3 Å². The molecule has 2 aliphatic heterocycles. The summed E-state index contributed by atoms with van der Waals surface area (Å²) in [4.78, 5) is 39.0. The van der Waals surface area contributed by atoms with E-state index in [0.29, 0.717) is 43.0 Å². The van der Waals surface area contributed by atoms with Gasteiger partial charge in [-0.3, -0.25) is 14.4 Å². The molecule has 1 saturated heterocycles. The molecule has 0 spiro atoms. The second-order valence-corrected chi connectivity index (χ2v) is 8.49. The Morgan fingerprint density at radius 1 is 1.20 bits per heavy atom. The van der Waals surface area contributed by atoms with Gasteiger partial charge in [0.1, 0.15) is 18.4 Å². The summed E-state index contributed by atoms with van der Waals surface area (Å²) in [6.07, 6.45) is 1.02. The van der Waals surface area contributed by atoms with Crippen LogP contribution in [0.1, 0.15) is 17.5 Å². The number of ether oxygens (including phenoxy) is 2. The maximum atomic E-state index is 13.0. The van der Waals surface area contributed by atoms with Gasteiger partial charge in [0.15, 0.2) is 5.60 Å². The quantitative estimate of drug-likeness (QED) is 0.433. The van der Waals surface area contributed by atoms with E-state index in [1.165, 1.54) is 4.90 Å². The second kappa shape index (κ2) is 10.6. The van der Waals surface area contributed by atoms with Crippen molar-refractivity contribution >= 4 is 23.4 Å². The first-order valence-corrected chi connectivity index (χ1v) is 11.3. The summed E-state index contributed by atoms with van der Waals surface area (Å²) in [5.41, 5.74) is 0.921. The predicted molar refractivity (Wildman–Crippen MR) is 128 cm³/mol. The summed E-state index contributed by atoms with van der Waals surface area (Å²) in [6, 6.07) is 13.6. The van der Waals surface area contributed by atoms with E-state index in [-0.39, 0.29) is 13.2 Å². The molecule has 4 rings (SSSR count). The van der Waals surface area contributed by atoms with Crippen LogP contribution in [-0.4, -0.2) is 67.9 Å². The average Bonchev–Trinajstić information content (AvgIpc) is 3.27. The van der Waals surface area contributed by atoms with Crippen LogP contribution in [0.25, 0.3) is 0 Å². The number of benzene rings is 2. The third kappa shape index (κ3) is 5.98. The van der Waals surface area contributed by atoms with E-state index >= 15 is 0 Å². The van der Waals surface area contributed by atoms with Crippen LogP contribution in [0.5, 0.6) is 5.75 Å². The number of hydrogen-bond acceptors (Lipinski definition) is 6. The molecule has 1 unspecified atom stereocenters. The van der Waals surface area contributed by atoms with Gasteiger partial charge in [-0.05, 0) is 30.2 Å². The molecule has 2 atom stereocenters. The van der Waals surface area contributed by atoms with Gasteiger partial charge in [-0.2, -0.15) is 0 Å². The van der Waals surface area contributed by atoms with E-state index in [1.54, 1.807) is 25.2 Å². The number of carbonyl (C=O) groups excluding carboxylic acids is 3. The molecule has 9 heteroatoms. The maximum Gasteiger partial charge on any atom is 0.310 e. The number of carbonyl (C=O) groups is 3. The van der Waals surface area contributed by atoms with Crippen molar-refractivity contribution in [3.8, 4) is 17.6 Å². The number of amides is 3. The van der Waals surface area contributed by atoms with Crippen LogP contribution in [0, 0.1) is 11.8 Å². The molecule has 0 aromatic heterocycles. The molecule has 0 saturated carbocycles. The molecule has 2 aromatic rings. The van der Waals surface area contributed by atoms with Gasteiger partial charge in [-0.25, -0.2) is 0 Å². The molecule has 2 aliphatic rings. The fourth-order valence-corrected chi connectivity index (χ4v) is 3.79. The third-order valence-corrected chi connectivity index (χ3v) is 5.85. The largest absolute Gasteiger partial charge is 0.489 e. The summed E-state index contributed by atoms with van der Waals surface area (Å²) in [5.74, 6) is 4.05. The molecule has 2 heterocycles. The lowest BCUT2D eigenvalue weighted by atomic mass is 10.0. The van der Waals surface area contributed by atoms with Crippen LogP contribution in [0.15, 0.2) is 48.5 Å². The van der Waals surface area contributed by atoms with Crippen molar-refractivity contribution in [2.24, 2.45) is 0 Å². The monoisotopic (exact) mass is 477 g/mol. The minimum Gasteiger partial charge on any atom is -0.489 e. The van der Waals surface area contributed by atoms with Gasteiger partial charge in [0.2, 0.25) is 0 Å². The highest BCUT2D eigenvalue weighted by Crippen LogP contribution is 2.31.